The van der Waals surface area contributed by atoms with Crippen molar-refractivity contribution >= 4 is 11.4 Å². The second kappa shape index (κ2) is 7.26. The first-order valence-electron chi connectivity index (χ1n) is 9.13. The number of aromatic nitrogens is 4. The van der Waals surface area contributed by atoms with Gasteiger partial charge in [0.05, 0.1) is 19.0 Å². The van der Waals surface area contributed by atoms with Crippen LogP contribution in [-0.4, -0.2) is 39.9 Å². The Labute approximate surface area is 158 Å². The lowest BCUT2D eigenvalue weighted by atomic mass is 9.92. The van der Waals surface area contributed by atoms with Crippen LogP contribution in [0.1, 0.15) is 24.5 Å². The van der Waals surface area contributed by atoms with Gasteiger partial charge in [-0.15, -0.1) is 0 Å². The van der Waals surface area contributed by atoms with Crippen molar-refractivity contribution in [3.05, 3.63) is 48.8 Å². The van der Waals surface area contributed by atoms with E-state index in [1.807, 2.05) is 43.8 Å². The molecule has 0 unspecified atom stereocenters. The molecule has 1 aliphatic rings. The maximum absolute atomic E-state index is 6.19. The molecule has 3 heterocycles. The zero-order valence-electron chi connectivity index (χ0n) is 15.7. The highest BCUT2D eigenvalue weighted by Crippen LogP contribution is 2.40. The Balaban J connectivity index is 1.63. The van der Waals surface area contributed by atoms with Gasteiger partial charge in [-0.25, -0.2) is 9.97 Å². The van der Waals surface area contributed by atoms with Gasteiger partial charge >= 0.3 is 0 Å². The zero-order valence-corrected chi connectivity index (χ0v) is 15.7. The van der Waals surface area contributed by atoms with Gasteiger partial charge < -0.3 is 15.4 Å². The van der Waals surface area contributed by atoms with Crippen molar-refractivity contribution in [2.45, 2.75) is 18.8 Å². The van der Waals surface area contributed by atoms with E-state index >= 15 is 0 Å². The number of nitrogens with zero attached hydrogens (tertiary/aromatic N) is 5. The first-order chi connectivity index (χ1) is 13.2. The van der Waals surface area contributed by atoms with Crippen LogP contribution in [-0.2, 0) is 7.05 Å². The molecule has 0 amide bonds. The van der Waals surface area contributed by atoms with Gasteiger partial charge in [0.1, 0.15) is 12.1 Å². The lowest BCUT2D eigenvalue weighted by Gasteiger charge is -2.34. The molecule has 0 radical (unpaired) electrons. The Hall–Kier alpha value is -3.09. The van der Waals surface area contributed by atoms with Crippen molar-refractivity contribution in [3.8, 4) is 16.9 Å². The maximum Gasteiger partial charge on any atom is 0.143 e. The van der Waals surface area contributed by atoms with Crippen LogP contribution in [0.5, 0.6) is 5.75 Å². The average Bonchev–Trinajstić information content (AvgIpc) is 3.15. The molecule has 140 valence electrons. The molecule has 1 saturated heterocycles. The van der Waals surface area contributed by atoms with Gasteiger partial charge in [-0.3, -0.25) is 4.68 Å². The van der Waals surface area contributed by atoms with Gasteiger partial charge in [0, 0.05) is 67.0 Å². The summed E-state index contributed by atoms with van der Waals surface area (Å²) in [6, 6.07) is 6.05. The summed E-state index contributed by atoms with van der Waals surface area (Å²) in [4.78, 5) is 10.9. The van der Waals surface area contributed by atoms with Gasteiger partial charge in [-0.2, -0.15) is 5.10 Å². The lowest BCUT2D eigenvalue weighted by molar-refractivity contribution is 0.416. The van der Waals surface area contributed by atoms with E-state index in [-0.39, 0.29) is 0 Å². The van der Waals surface area contributed by atoms with Crippen LogP contribution >= 0.6 is 0 Å². The molecule has 2 N–H and O–H groups in total. The van der Waals surface area contributed by atoms with E-state index in [1.54, 1.807) is 18.1 Å². The molecule has 0 aliphatic carbocycles. The SMILES string of the molecule is COc1cc(N2CCC(c3ccncn3)CC2)c(-c2cnn(C)c2)cc1N. The summed E-state index contributed by atoms with van der Waals surface area (Å²) in [6.07, 6.45) is 9.44. The molecule has 0 atom stereocenters. The van der Waals surface area contributed by atoms with Crippen LogP contribution in [0, 0.1) is 0 Å². The molecule has 7 nitrogen and oxygen atoms in total. The summed E-state index contributed by atoms with van der Waals surface area (Å²) < 4.78 is 7.28. The predicted octanol–water partition coefficient (Wildman–Crippen LogP) is 2.85. The van der Waals surface area contributed by atoms with Crippen molar-refractivity contribution < 1.29 is 4.74 Å². The third-order valence-corrected chi connectivity index (χ3v) is 5.22. The van der Waals surface area contributed by atoms with E-state index < -0.39 is 0 Å². The number of piperidine rings is 1. The molecule has 7 heteroatoms. The van der Waals surface area contributed by atoms with E-state index in [4.69, 9.17) is 10.5 Å². The number of anilines is 2. The summed E-state index contributed by atoms with van der Waals surface area (Å²) in [5.74, 6) is 1.18. The van der Waals surface area contributed by atoms with Crippen molar-refractivity contribution in [2.24, 2.45) is 7.05 Å². The van der Waals surface area contributed by atoms with Gasteiger partial charge in [-0.05, 0) is 25.0 Å². The van der Waals surface area contributed by atoms with Crippen molar-refractivity contribution in [2.75, 3.05) is 30.8 Å². The van der Waals surface area contributed by atoms with Crippen molar-refractivity contribution in [1.82, 2.24) is 19.7 Å². The van der Waals surface area contributed by atoms with Crippen LogP contribution in [0.3, 0.4) is 0 Å². The molecule has 1 fully saturated rings. The molecule has 0 saturated carbocycles. The monoisotopic (exact) mass is 364 g/mol. The number of hydrogen-bond acceptors (Lipinski definition) is 6. The fourth-order valence-corrected chi connectivity index (χ4v) is 3.77. The summed E-state index contributed by atoms with van der Waals surface area (Å²) in [5, 5.41) is 4.32. The number of ether oxygens (including phenoxy) is 1. The molecule has 4 rings (SSSR count). The maximum atomic E-state index is 6.19. The molecular weight excluding hydrogens is 340 g/mol. The van der Waals surface area contributed by atoms with Crippen molar-refractivity contribution in [1.29, 1.82) is 0 Å². The number of aryl methyl sites for hydroxylation is 1. The number of nitrogens with two attached hydrogens (primary N) is 1. The van der Waals surface area contributed by atoms with Crippen LogP contribution in [0.2, 0.25) is 0 Å². The standard InChI is InChI=1S/C20H24N6O/c1-25-12-15(11-24-25)16-9-17(21)20(27-2)10-19(16)26-7-4-14(5-8-26)18-3-6-22-13-23-18/h3,6,9-14H,4-5,7-8,21H2,1-2H3. The number of rotatable bonds is 4. The highest BCUT2D eigenvalue weighted by atomic mass is 16.5. The summed E-state index contributed by atoms with van der Waals surface area (Å²) in [6.45, 7) is 1.91. The summed E-state index contributed by atoms with van der Waals surface area (Å²) in [5.41, 5.74) is 11.2. The Kier molecular flexibility index (Phi) is 4.66. The van der Waals surface area contributed by atoms with Crippen LogP contribution in [0.25, 0.3) is 11.1 Å². The van der Waals surface area contributed by atoms with E-state index in [1.165, 1.54) is 0 Å². The minimum atomic E-state index is 0.474. The molecule has 0 spiro atoms. The largest absolute Gasteiger partial charge is 0.495 e. The van der Waals surface area contributed by atoms with E-state index in [0.29, 0.717) is 17.4 Å². The number of methoxy groups -OCH3 is 1. The first kappa shape index (κ1) is 17.3. The number of benzene rings is 1. The minimum absolute atomic E-state index is 0.474. The molecule has 3 aromatic rings. The topological polar surface area (TPSA) is 82.1 Å². The third-order valence-electron chi connectivity index (χ3n) is 5.22. The second-order valence-electron chi connectivity index (χ2n) is 6.91. The highest BCUT2D eigenvalue weighted by molar-refractivity contribution is 5.83. The Morgan fingerprint density at radius 1 is 1.22 bits per heavy atom. The van der Waals surface area contributed by atoms with Crippen LogP contribution in [0.15, 0.2) is 43.1 Å². The fraction of sp³-hybridized carbons (Fsp3) is 0.350. The number of hydrogen-bond donors (Lipinski definition) is 1. The van der Waals surface area contributed by atoms with Crippen LogP contribution in [0.4, 0.5) is 11.4 Å². The van der Waals surface area contributed by atoms with Gasteiger partial charge in [-0.1, -0.05) is 0 Å². The summed E-state index contributed by atoms with van der Waals surface area (Å²) >= 11 is 0. The number of nitrogen functional groups attached to an aromatic ring is 1. The smallest absolute Gasteiger partial charge is 0.143 e. The van der Waals surface area contributed by atoms with E-state index in [9.17, 15) is 0 Å². The molecular formula is C20H24N6O. The van der Waals surface area contributed by atoms with Gasteiger partial charge in [0.2, 0.25) is 0 Å². The molecule has 1 aliphatic heterocycles. The van der Waals surface area contributed by atoms with Gasteiger partial charge in [0.25, 0.3) is 0 Å². The predicted molar refractivity (Wildman–Crippen MR) is 106 cm³/mol. The molecule has 27 heavy (non-hydrogen) atoms. The minimum Gasteiger partial charge on any atom is -0.495 e. The molecule has 1 aromatic carbocycles. The lowest BCUT2D eigenvalue weighted by Crippen LogP contribution is -2.33. The normalized spacial score (nSPS) is 15.1. The second-order valence-corrected chi connectivity index (χ2v) is 6.91. The average molecular weight is 364 g/mol. The Morgan fingerprint density at radius 2 is 2.04 bits per heavy atom. The van der Waals surface area contributed by atoms with Crippen molar-refractivity contribution in [3.63, 3.8) is 0 Å². The Bertz CT molecular complexity index is 915. The fourth-order valence-electron chi connectivity index (χ4n) is 3.77. The zero-order chi connectivity index (χ0) is 18.8. The first-order valence-corrected chi connectivity index (χ1v) is 9.13. The van der Waals surface area contributed by atoms with E-state index in [2.05, 4.69) is 20.0 Å². The van der Waals surface area contributed by atoms with Crippen LogP contribution < -0.4 is 15.4 Å². The molecule has 2 aromatic heterocycles. The van der Waals surface area contributed by atoms with E-state index in [0.717, 1.165) is 48.4 Å². The Morgan fingerprint density at radius 3 is 2.67 bits per heavy atom. The third kappa shape index (κ3) is 3.45. The summed E-state index contributed by atoms with van der Waals surface area (Å²) in [7, 11) is 3.57. The van der Waals surface area contributed by atoms with Gasteiger partial charge in [0.15, 0.2) is 0 Å². The quantitative estimate of drug-likeness (QED) is 0.717. The highest BCUT2D eigenvalue weighted by Gasteiger charge is 2.24. The molecule has 0 bridgehead atoms.